The summed E-state index contributed by atoms with van der Waals surface area (Å²) in [5.74, 6) is 1.40. The molecule has 0 aliphatic heterocycles. The number of ether oxygens (including phenoxy) is 2. The number of rotatable bonds is 8. The van der Waals surface area contributed by atoms with Crippen molar-refractivity contribution in [2.75, 3.05) is 20.3 Å². The Hall–Kier alpha value is -1.46. The molecule has 0 heterocycles. The van der Waals surface area contributed by atoms with Gasteiger partial charge in [0.2, 0.25) is 5.91 Å². The number of halogens is 1. The average Bonchev–Trinajstić information content (AvgIpc) is 2.43. The fourth-order valence-electron chi connectivity index (χ4n) is 1.65. The highest BCUT2D eigenvalue weighted by atomic mass is 35.5. The largest absolute Gasteiger partial charge is 0.493 e. The summed E-state index contributed by atoms with van der Waals surface area (Å²) in [6.45, 7) is 3.50. The SMILES string of the molecule is CCOc1cc(CNC(=O)CCCN)ccc1OC.Cl. The van der Waals surface area contributed by atoms with E-state index in [0.29, 0.717) is 44.0 Å². The van der Waals surface area contributed by atoms with Gasteiger partial charge in [0, 0.05) is 13.0 Å². The lowest BCUT2D eigenvalue weighted by atomic mass is 10.2. The Morgan fingerprint density at radius 2 is 2.10 bits per heavy atom. The number of amides is 1. The predicted molar refractivity (Wildman–Crippen MR) is 81.5 cm³/mol. The molecular weight excluding hydrogens is 280 g/mol. The summed E-state index contributed by atoms with van der Waals surface area (Å²) in [5.41, 5.74) is 6.34. The molecule has 0 unspecified atom stereocenters. The van der Waals surface area contributed by atoms with E-state index in [4.69, 9.17) is 15.2 Å². The van der Waals surface area contributed by atoms with E-state index in [2.05, 4.69) is 5.32 Å². The first-order valence-electron chi connectivity index (χ1n) is 6.47. The van der Waals surface area contributed by atoms with Crippen LogP contribution in [0.4, 0.5) is 0 Å². The van der Waals surface area contributed by atoms with E-state index in [0.717, 1.165) is 5.56 Å². The molecule has 0 radical (unpaired) electrons. The lowest BCUT2D eigenvalue weighted by Crippen LogP contribution is -2.23. The maximum absolute atomic E-state index is 11.5. The zero-order chi connectivity index (χ0) is 14.1. The maximum atomic E-state index is 11.5. The number of carbonyl (C=O) groups is 1. The topological polar surface area (TPSA) is 73.6 Å². The highest BCUT2D eigenvalue weighted by Gasteiger charge is 2.06. The van der Waals surface area contributed by atoms with Gasteiger partial charge in [-0.15, -0.1) is 12.4 Å². The Kier molecular flexibility index (Phi) is 9.59. The number of hydrogen-bond acceptors (Lipinski definition) is 4. The van der Waals surface area contributed by atoms with Gasteiger partial charge in [-0.25, -0.2) is 0 Å². The third-order valence-corrected chi connectivity index (χ3v) is 2.63. The second-order valence-corrected chi connectivity index (χ2v) is 4.09. The molecule has 0 saturated carbocycles. The fourth-order valence-corrected chi connectivity index (χ4v) is 1.65. The monoisotopic (exact) mass is 302 g/mol. The fraction of sp³-hybridized carbons (Fsp3) is 0.500. The Morgan fingerprint density at radius 1 is 1.35 bits per heavy atom. The molecule has 5 nitrogen and oxygen atoms in total. The van der Waals surface area contributed by atoms with Gasteiger partial charge in [0.15, 0.2) is 11.5 Å². The summed E-state index contributed by atoms with van der Waals surface area (Å²) in [6, 6.07) is 5.63. The standard InChI is InChI=1S/C14H22N2O3.ClH/c1-3-19-13-9-11(6-7-12(13)18-2)10-16-14(17)5-4-8-15;/h6-7,9H,3-5,8,10,15H2,1-2H3,(H,16,17);1H. The molecule has 114 valence electrons. The van der Waals surface area contributed by atoms with Crippen LogP contribution in [0.3, 0.4) is 0 Å². The van der Waals surface area contributed by atoms with Crippen LogP contribution in [-0.2, 0) is 11.3 Å². The van der Waals surface area contributed by atoms with E-state index < -0.39 is 0 Å². The Bertz CT molecular complexity index is 413. The van der Waals surface area contributed by atoms with Crippen LogP contribution in [0.25, 0.3) is 0 Å². The zero-order valence-electron chi connectivity index (χ0n) is 12.0. The Morgan fingerprint density at radius 3 is 2.70 bits per heavy atom. The van der Waals surface area contributed by atoms with Gasteiger partial charge < -0.3 is 20.5 Å². The number of nitrogens with one attached hydrogen (secondary N) is 1. The minimum atomic E-state index is 0. The second-order valence-electron chi connectivity index (χ2n) is 4.09. The van der Waals surface area contributed by atoms with E-state index >= 15 is 0 Å². The number of benzene rings is 1. The van der Waals surface area contributed by atoms with Crippen molar-refractivity contribution in [3.8, 4) is 11.5 Å². The van der Waals surface area contributed by atoms with E-state index in [1.807, 2.05) is 25.1 Å². The molecule has 6 heteroatoms. The zero-order valence-corrected chi connectivity index (χ0v) is 12.8. The van der Waals surface area contributed by atoms with Crippen LogP contribution >= 0.6 is 12.4 Å². The Labute approximate surface area is 126 Å². The van der Waals surface area contributed by atoms with E-state index in [-0.39, 0.29) is 18.3 Å². The first-order chi connectivity index (χ1) is 9.21. The van der Waals surface area contributed by atoms with E-state index in [1.165, 1.54) is 0 Å². The maximum Gasteiger partial charge on any atom is 0.220 e. The van der Waals surface area contributed by atoms with Crippen LogP contribution in [-0.4, -0.2) is 26.2 Å². The number of hydrogen-bond donors (Lipinski definition) is 2. The van der Waals surface area contributed by atoms with Crippen LogP contribution in [0.15, 0.2) is 18.2 Å². The number of methoxy groups -OCH3 is 1. The van der Waals surface area contributed by atoms with Gasteiger partial charge in [0.05, 0.1) is 13.7 Å². The summed E-state index contributed by atoms with van der Waals surface area (Å²) in [4.78, 5) is 11.5. The first-order valence-corrected chi connectivity index (χ1v) is 6.47. The molecular formula is C14H23ClN2O3. The molecule has 0 fully saturated rings. The molecule has 0 atom stereocenters. The van der Waals surface area contributed by atoms with Crippen LogP contribution < -0.4 is 20.5 Å². The lowest BCUT2D eigenvalue weighted by Gasteiger charge is -2.11. The van der Waals surface area contributed by atoms with Crippen molar-refractivity contribution in [3.63, 3.8) is 0 Å². The summed E-state index contributed by atoms with van der Waals surface area (Å²) in [6.07, 6.45) is 1.17. The van der Waals surface area contributed by atoms with Gasteiger partial charge in [0.1, 0.15) is 0 Å². The average molecular weight is 303 g/mol. The van der Waals surface area contributed by atoms with Gasteiger partial charge in [-0.1, -0.05) is 6.07 Å². The van der Waals surface area contributed by atoms with Crippen molar-refractivity contribution in [2.24, 2.45) is 5.73 Å². The molecule has 0 spiro atoms. The summed E-state index contributed by atoms with van der Waals surface area (Å²) >= 11 is 0. The van der Waals surface area contributed by atoms with Gasteiger partial charge in [-0.05, 0) is 37.6 Å². The summed E-state index contributed by atoms with van der Waals surface area (Å²) in [7, 11) is 1.60. The highest BCUT2D eigenvalue weighted by Crippen LogP contribution is 2.27. The van der Waals surface area contributed by atoms with Crippen LogP contribution in [0.1, 0.15) is 25.3 Å². The third kappa shape index (κ3) is 6.12. The van der Waals surface area contributed by atoms with E-state index in [1.54, 1.807) is 7.11 Å². The van der Waals surface area contributed by atoms with Gasteiger partial charge in [-0.3, -0.25) is 4.79 Å². The van der Waals surface area contributed by atoms with Crippen LogP contribution in [0.2, 0.25) is 0 Å². The summed E-state index contributed by atoms with van der Waals surface area (Å²) in [5, 5.41) is 2.85. The number of nitrogens with two attached hydrogens (primary N) is 1. The van der Waals surface area contributed by atoms with Gasteiger partial charge in [0.25, 0.3) is 0 Å². The van der Waals surface area contributed by atoms with Crippen molar-refractivity contribution < 1.29 is 14.3 Å². The molecule has 0 saturated heterocycles. The lowest BCUT2D eigenvalue weighted by molar-refractivity contribution is -0.121. The molecule has 0 aromatic heterocycles. The normalized spacial score (nSPS) is 9.55. The molecule has 1 aromatic rings. The smallest absolute Gasteiger partial charge is 0.220 e. The molecule has 1 amide bonds. The molecule has 0 aliphatic carbocycles. The molecule has 0 bridgehead atoms. The second kappa shape index (κ2) is 10.3. The van der Waals surface area contributed by atoms with Gasteiger partial charge in [-0.2, -0.15) is 0 Å². The first kappa shape index (κ1) is 18.5. The van der Waals surface area contributed by atoms with Crippen molar-refractivity contribution in [1.82, 2.24) is 5.32 Å². The minimum absolute atomic E-state index is 0. The third-order valence-electron chi connectivity index (χ3n) is 2.63. The Balaban J connectivity index is 0.00000361. The van der Waals surface area contributed by atoms with Crippen molar-refractivity contribution in [3.05, 3.63) is 23.8 Å². The molecule has 3 N–H and O–H groups in total. The molecule has 1 rings (SSSR count). The summed E-state index contributed by atoms with van der Waals surface area (Å²) < 4.78 is 10.7. The van der Waals surface area contributed by atoms with Crippen molar-refractivity contribution in [1.29, 1.82) is 0 Å². The van der Waals surface area contributed by atoms with Gasteiger partial charge >= 0.3 is 0 Å². The van der Waals surface area contributed by atoms with E-state index in [9.17, 15) is 4.79 Å². The van der Waals surface area contributed by atoms with Crippen LogP contribution in [0.5, 0.6) is 11.5 Å². The number of carbonyl (C=O) groups excluding carboxylic acids is 1. The quantitative estimate of drug-likeness (QED) is 0.769. The molecule has 1 aromatic carbocycles. The predicted octanol–water partition coefficient (Wildman–Crippen LogP) is 1.87. The molecule has 0 aliphatic rings. The molecule has 20 heavy (non-hydrogen) atoms. The van der Waals surface area contributed by atoms with Crippen molar-refractivity contribution in [2.45, 2.75) is 26.3 Å². The van der Waals surface area contributed by atoms with Crippen molar-refractivity contribution >= 4 is 18.3 Å². The minimum Gasteiger partial charge on any atom is -0.493 e. The highest BCUT2D eigenvalue weighted by molar-refractivity contribution is 5.85. The van der Waals surface area contributed by atoms with Crippen LogP contribution in [0, 0.1) is 0 Å².